The van der Waals surface area contributed by atoms with Crippen molar-refractivity contribution in [1.29, 1.82) is 0 Å². The number of nitrogens with zero attached hydrogens (tertiary/aromatic N) is 2. The fourth-order valence-electron chi connectivity index (χ4n) is 1.70. The normalized spacial score (nSPS) is 19.4. The summed E-state index contributed by atoms with van der Waals surface area (Å²) in [4.78, 5) is 15.7. The van der Waals surface area contributed by atoms with Crippen molar-refractivity contribution in [2.45, 2.75) is 26.3 Å². The molecule has 1 rings (SSSR count). The van der Waals surface area contributed by atoms with Crippen molar-refractivity contribution >= 4 is 11.9 Å². The van der Waals surface area contributed by atoms with Crippen LogP contribution in [-0.4, -0.2) is 29.6 Å². The second-order valence-electron chi connectivity index (χ2n) is 3.96. The number of carbonyl (C=O) groups excluding carboxylic acids is 1. The molecule has 0 atom stereocenters. The number of carbonyl (C=O) groups is 1. The summed E-state index contributed by atoms with van der Waals surface area (Å²) in [6, 6.07) is 0. The van der Waals surface area contributed by atoms with Gasteiger partial charge in [-0.15, -0.1) is 0 Å². The molecule has 1 aliphatic heterocycles. The van der Waals surface area contributed by atoms with Gasteiger partial charge in [0.25, 0.3) is 0 Å². The van der Waals surface area contributed by atoms with E-state index in [-0.39, 0.29) is 0 Å². The number of nitrogens with two attached hydrogens (primary N) is 2. The number of esters is 1. The molecule has 0 aromatic heterocycles. The van der Waals surface area contributed by atoms with Crippen LogP contribution in [0.3, 0.4) is 0 Å². The van der Waals surface area contributed by atoms with Gasteiger partial charge in [0.05, 0.1) is 23.9 Å². The van der Waals surface area contributed by atoms with Gasteiger partial charge in [0.15, 0.2) is 0 Å². The van der Waals surface area contributed by atoms with E-state index in [0.717, 1.165) is 0 Å². The van der Waals surface area contributed by atoms with Crippen LogP contribution in [0.4, 0.5) is 0 Å². The number of methoxy groups -OCH3 is 1. The van der Waals surface area contributed by atoms with E-state index in [1.165, 1.54) is 12.1 Å². The predicted octanol–water partition coefficient (Wildman–Crippen LogP) is -0.779. The SMILES string of the molecule is COC(=O)C1=C(C)N=C(NN)N(N)C1(C)C. The lowest BCUT2D eigenvalue weighted by atomic mass is 9.90. The maximum absolute atomic E-state index is 11.7. The maximum Gasteiger partial charge on any atom is 0.338 e. The van der Waals surface area contributed by atoms with Crippen molar-refractivity contribution in [3.05, 3.63) is 11.3 Å². The third-order valence-electron chi connectivity index (χ3n) is 2.60. The van der Waals surface area contributed by atoms with E-state index in [2.05, 4.69) is 10.4 Å². The van der Waals surface area contributed by atoms with E-state index in [1.54, 1.807) is 20.8 Å². The molecule has 0 aromatic carbocycles. The van der Waals surface area contributed by atoms with E-state index in [9.17, 15) is 4.79 Å². The van der Waals surface area contributed by atoms with Crippen LogP contribution in [0.5, 0.6) is 0 Å². The molecule has 0 unspecified atom stereocenters. The first-order chi connectivity index (χ1) is 7.36. The predicted molar refractivity (Wildman–Crippen MR) is 59.6 cm³/mol. The molecule has 1 heterocycles. The number of rotatable bonds is 1. The van der Waals surface area contributed by atoms with Crippen molar-refractivity contribution in [3.8, 4) is 0 Å². The quantitative estimate of drug-likeness (QED) is 0.308. The number of hydrogen-bond donors (Lipinski definition) is 3. The van der Waals surface area contributed by atoms with Gasteiger partial charge in [-0.3, -0.25) is 10.4 Å². The number of hydrazine groups is 2. The fourth-order valence-corrected chi connectivity index (χ4v) is 1.70. The van der Waals surface area contributed by atoms with Crippen LogP contribution in [0, 0.1) is 0 Å². The molecule has 16 heavy (non-hydrogen) atoms. The van der Waals surface area contributed by atoms with Gasteiger partial charge < -0.3 is 4.74 Å². The Kier molecular flexibility index (Phi) is 3.20. The Hall–Kier alpha value is -1.60. The Balaban J connectivity index is 3.31. The van der Waals surface area contributed by atoms with Crippen LogP contribution in [0.1, 0.15) is 20.8 Å². The zero-order chi connectivity index (χ0) is 12.5. The van der Waals surface area contributed by atoms with Crippen molar-refractivity contribution in [2.24, 2.45) is 16.7 Å². The summed E-state index contributed by atoms with van der Waals surface area (Å²) >= 11 is 0. The van der Waals surface area contributed by atoms with E-state index < -0.39 is 11.5 Å². The Labute approximate surface area is 94.1 Å². The van der Waals surface area contributed by atoms with Crippen LogP contribution in [0.2, 0.25) is 0 Å². The molecule has 7 nitrogen and oxygen atoms in total. The van der Waals surface area contributed by atoms with Crippen LogP contribution < -0.4 is 17.1 Å². The van der Waals surface area contributed by atoms with Gasteiger partial charge >= 0.3 is 5.97 Å². The minimum atomic E-state index is -0.735. The molecule has 0 radical (unpaired) electrons. The highest BCUT2D eigenvalue weighted by molar-refractivity contribution is 5.95. The lowest BCUT2D eigenvalue weighted by Crippen LogP contribution is -2.61. The van der Waals surface area contributed by atoms with E-state index in [1.807, 2.05) is 0 Å². The minimum absolute atomic E-state index is 0.301. The van der Waals surface area contributed by atoms with Gasteiger partial charge in [0.2, 0.25) is 5.96 Å². The highest BCUT2D eigenvalue weighted by Crippen LogP contribution is 2.29. The summed E-state index contributed by atoms with van der Waals surface area (Å²) in [5, 5.41) is 1.30. The number of nitrogens with one attached hydrogen (secondary N) is 1. The van der Waals surface area contributed by atoms with Gasteiger partial charge in [-0.1, -0.05) is 0 Å². The third-order valence-corrected chi connectivity index (χ3v) is 2.60. The summed E-state index contributed by atoms with van der Waals surface area (Å²) in [5.74, 6) is 11.0. The Bertz CT molecular complexity index is 372. The van der Waals surface area contributed by atoms with Crippen molar-refractivity contribution in [2.75, 3.05) is 7.11 Å². The molecule has 0 spiro atoms. The number of allylic oxidation sites excluding steroid dienone is 1. The molecule has 1 aliphatic rings. The second kappa shape index (κ2) is 4.11. The Morgan fingerprint density at radius 1 is 1.56 bits per heavy atom. The lowest BCUT2D eigenvalue weighted by molar-refractivity contribution is -0.137. The summed E-state index contributed by atoms with van der Waals surface area (Å²) in [7, 11) is 1.32. The number of ether oxygens (including phenoxy) is 1. The second-order valence-corrected chi connectivity index (χ2v) is 3.96. The zero-order valence-corrected chi connectivity index (χ0v) is 9.87. The Morgan fingerprint density at radius 2 is 2.12 bits per heavy atom. The van der Waals surface area contributed by atoms with Crippen molar-refractivity contribution in [1.82, 2.24) is 10.4 Å². The first-order valence-corrected chi connectivity index (χ1v) is 4.76. The number of hydrogen-bond acceptors (Lipinski definition) is 7. The Morgan fingerprint density at radius 3 is 2.56 bits per heavy atom. The molecular weight excluding hydrogens is 210 g/mol. The molecule has 5 N–H and O–H groups in total. The van der Waals surface area contributed by atoms with Gasteiger partial charge in [0, 0.05) is 0 Å². The minimum Gasteiger partial charge on any atom is -0.466 e. The first kappa shape index (κ1) is 12.5. The average Bonchev–Trinajstić information content (AvgIpc) is 2.22. The molecule has 0 aliphatic carbocycles. The van der Waals surface area contributed by atoms with Crippen LogP contribution >= 0.6 is 0 Å². The van der Waals surface area contributed by atoms with Gasteiger partial charge in [-0.25, -0.2) is 21.5 Å². The zero-order valence-electron chi connectivity index (χ0n) is 9.87. The molecule has 0 saturated heterocycles. The number of aliphatic imine (C=N–C) groups is 1. The van der Waals surface area contributed by atoms with E-state index >= 15 is 0 Å². The summed E-state index contributed by atoms with van der Waals surface area (Å²) in [6.45, 7) is 5.28. The van der Waals surface area contributed by atoms with Crippen LogP contribution in [0.25, 0.3) is 0 Å². The highest BCUT2D eigenvalue weighted by Gasteiger charge is 2.40. The topological polar surface area (TPSA) is 106 Å². The molecule has 0 fully saturated rings. The summed E-state index contributed by atoms with van der Waals surface area (Å²) < 4.78 is 4.71. The smallest absolute Gasteiger partial charge is 0.338 e. The molecule has 0 bridgehead atoms. The van der Waals surface area contributed by atoms with E-state index in [4.69, 9.17) is 16.4 Å². The molecular formula is C9H17N5O2. The maximum atomic E-state index is 11.7. The average molecular weight is 227 g/mol. The summed E-state index contributed by atoms with van der Waals surface area (Å²) in [6.07, 6.45) is 0. The third kappa shape index (κ3) is 1.74. The molecule has 90 valence electrons. The monoisotopic (exact) mass is 227 g/mol. The standard InChI is InChI=1S/C9H17N5O2/c1-5-6(7(15)16-4)9(2,3)14(11)8(12-5)13-10/h10-11H2,1-4H3,(H,12,13). The molecule has 0 saturated carbocycles. The summed E-state index contributed by atoms with van der Waals surface area (Å²) in [5.41, 5.74) is 2.59. The van der Waals surface area contributed by atoms with Gasteiger partial charge in [0.1, 0.15) is 0 Å². The fraction of sp³-hybridized carbons (Fsp3) is 0.556. The van der Waals surface area contributed by atoms with Gasteiger partial charge in [-0.2, -0.15) is 0 Å². The molecule has 0 amide bonds. The lowest BCUT2D eigenvalue weighted by Gasteiger charge is -2.40. The molecule has 7 heteroatoms. The molecule has 0 aromatic rings. The van der Waals surface area contributed by atoms with E-state index in [0.29, 0.717) is 17.2 Å². The van der Waals surface area contributed by atoms with Gasteiger partial charge in [-0.05, 0) is 20.8 Å². The highest BCUT2D eigenvalue weighted by atomic mass is 16.5. The first-order valence-electron chi connectivity index (χ1n) is 4.76. The van der Waals surface area contributed by atoms with Crippen molar-refractivity contribution in [3.63, 3.8) is 0 Å². The number of guanidine groups is 1. The van der Waals surface area contributed by atoms with Crippen LogP contribution in [-0.2, 0) is 9.53 Å². The van der Waals surface area contributed by atoms with Crippen LogP contribution in [0.15, 0.2) is 16.3 Å². The van der Waals surface area contributed by atoms with Crippen molar-refractivity contribution < 1.29 is 9.53 Å². The largest absolute Gasteiger partial charge is 0.466 e.